The van der Waals surface area contributed by atoms with E-state index in [1.807, 2.05) is 0 Å². The highest BCUT2D eigenvalue weighted by Gasteiger charge is 2.19. The fourth-order valence-electron chi connectivity index (χ4n) is 1.91. The average molecular weight is 301 g/mol. The van der Waals surface area contributed by atoms with Crippen LogP contribution in [-0.2, 0) is 4.74 Å². The molecule has 0 heterocycles. The van der Waals surface area contributed by atoms with Crippen molar-refractivity contribution in [2.24, 2.45) is 0 Å². The third kappa shape index (κ3) is 3.67. The van der Waals surface area contributed by atoms with Crippen molar-refractivity contribution < 1.29 is 19.2 Å². The number of carbonyl (C=O) groups excluding carboxylic acids is 1. The second kappa shape index (κ2) is 7.33. The molecule has 0 saturated heterocycles. The van der Waals surface area contributed by atoms with Gasteiger partial charge in [-0.05, 0) is 6.07 Å². The summed E-state index contributed by atoms with van der Waals surface area (Å²) in [4.78, 5) is 22.9. The number of ether oxygens (including phenoxy) is 2. The topological polar surface area (TPSA) is 78.7 Å². The van der Waals surface area contributed by atoms with Crippen LogP contribution in [-0.4, -0.2) is 31.0 Å². The highest BCUT2D eigenvalue weighted by molar-refractivity contribution is 6.11. The zero-order valence-corrected chi connectivity index (χ0v) is 12.0. The van der Waals surface area contributed by atoms with Crippen LogP contribution in [0, 0.1) is 10.1 Å². The Hall–Kier alpha value is -2.73. The molecule has 0 fully saturated rings. The van der Waals surface area contributed by atoms with E-state index in [0.29, 0.717) is 17.9 Å². The van der Waals surface area contributed by atoms with Crippen LogP contribution < -0.4 is 4.74 Å². The number of nitro groups is 1. The lowest BCUT2D eigenvalue weighted by Gasteiger charge is -2.10. The summed E-state index contributed by atoms with van der Waals surface area (Å²) in [6.07, 6.45) is 0. The number of rotatable bonds is 7. The van der Waals surface area contributed by atoms with E-state index < -0.39 is 4.92 Å². The molecule has 0 radical (unpaired) electrons. The number of non-ortho nitro benzene ring substituents is 1. The van der Waals surface area contributed by atoms with Gasteiger partial charge in [-0.15, -0.1) is 0 Å². The molecule has 0 aliphatic rings. The van der Waals surface area contributed by atoms with E-state index in [-0.39, 0.29) is 23.6 Å². The monoisotopic (exact) mass is 301 g/mol. The Bertz CT molecular complexity index is 669. The van der Waals surface area contributed by atoms with Gasteiger partial charge >= 0.3 is 0 Å². The summed E-state index contributed by atoms with van der Waals surface area (Å²) in [5.41, 5.74) is 0.453. The molecule has 0 aliphatic heterocycles. The molecule has 2 rings (SSSR count). The van der Waals surface area contributed by atoms with Crippen LogP contribution in [0.25, 0.3) is 0 Å². The highest BCUT2D eigenvalue weighted by Crippen LogP contribution is 2.26. The maximum Gasteiger partial charge on any atom is 0.270 e. The number of carbonyl (C=O) groups is 1. The van der Waals surface area contributed by atoms with Gasteiger partial charge in [0.2, 0.25) is 0 Å². The van der Waals surface area contributed by atoms with Crippen molar-refractivity contribution in [1.82, 2.24) is 0 Å². The molecule has 6 nitrogen and oxygen atoms in total. The number of hydrogen-bond acceptors (Lipinski definition) is 5. The van der Waals surface area contributed by atoms with Crippen LogP contribution >= 0.6 is 0 Å². The maximum absolute atomic E-state index is 12.5. The smallest absolute Gasteiger partial charge is 0.270 e. The summed E-state index contributed by atoms with van der Waals surface area (Å²) in [5.74, 6) is -0.0202. The van der Waals surface area contributed by atoms with E-state index >= 15 is 0 Å². The highest BCUT2D eigenvalue weighted by atomic mass is 16.6. The van der Waals surface area contributed by atoms with Crippen molar-refractivity contribution in [2.75, 3.05) is 20.3 Å². The molecule has 2 aromatic carbocycles. The van der Waals surface area contributed by atoms with E-state index in [9.17, 15) is 14.9 Å². The Labute approximate surface area is 127 Å². The second-order valence-electron chi connectivity index (χ2n) is 4.47. The van der Waals surface area contributed by atoms with E-state index in [0.717, 1.165) is 0 Å². The first-order valence-corrected chi connectivity index (χ1v) is 6.63. The Kier molecular flexibility index (Phi) is 5.21. The van der Waals surface area contributed by atoms with Crippen LogP contribution in [0.5, 0.6) is 5.75 Å². The molecule has 0 unspecified atom stereocenters. The summed E-state index contributed by atoms with van der Waals surface area (Å²) in [6, 6.07) is 12.5. The minimum absolute atomic E-state index is 0.154. The number of nitrogens with zero attached hydrogens (tertiary/aromatic N) is 1. The van der Waals surface area contributed by atoms with Crippen LogP contribution in [0.2, 0.25) is 0 Å². The predicted molar refractivity (Wildman–Crippen MR) is 80.3 cm³/mol. The quantitative estimate of drug-likeness (QED) is 0.340. The number of methoxy groups -OCH3 is 1. The molecule has 0 aliphatic carbocycles. The third-order valence-electron chi connectivity index (χ3n) is 3.00. The molecule has 0 N–H and O–H groups in total. The van der Waals surface area contributed by atoms with Crippen molar-refractivity contribution in [3.63, 3.8) is 0 Å². The Morgan fingerprint density at radius 3 is 2.50 bits per heavy atom. The number of benzene rings is 2. The summed E-state index contributed by atoms with van der Waals surface area (Å²) in [6.45, 7) is 0.610. The molecular weight excluding hydrogens is 286 g/mol. The van der Waals surface area contributed by atoms with Gasteiger partial charge in [-0.25, -0.2) is 0 Å². The van der Waals surface area contributed by atoms with E-state index in [1.54, 1.807) is 30.3 Å². The van der Waals surface area contributed by atoms with Crippen molar-refractivity contribution in [2.45, 2.75) is 0 Å². The Morgan fingerprint density at radius 2 is 1.86 bits per heavy atom. The lowest BCUT2D eigenvalue weighted by Crippen LogP contribution is -2.09. The first-order chi connectivity index (χ1) is 10.6. The second-order valence-corrected chi connectivity index (χ2v) is 4.47. The van der Waals surface area contributed by atoms with Crippen molar-refractivity contribution in [3.8, 4) is 5.75 Å². The molecular formula is C16H15NO5. The van der Waals surface area contributed by atoms with Crippen LogP contribution in [0.3, 0.4) is 0 Å². The molecule has 114 valence electrons. The summed E-state index contributed by atoms with van der Waals surface area (Å²) < 4.78 is 10.4. The molecule has 2 aromatic rings. The Balaban J connectivity index is 2.38. The van der Waals surface area contributed by atoms with Gasteiger partial charge in [-0.1, -0.05) is 30.3 Å². The van der Waals surface area contributed by atoms with Gasteiger partial charge in [0.1, 0.15) is 12.4 Å². The normalized spacial score (nSPS) is 10.2. The molecule has 0 spiro atoms. The minimum Gasteiger partial charge on any atom is -0.490 e. The summed E-state index contributed by atoms with van der Waals surface area (Å²) in [5, 5.41) is 10.9. The fraction of sp³-hybridized carbons (Fsp3) is 0.188. The zero-order valence-electron chi connectivity index (χ0n) is 12.0. The minimum atomic E-state index is -0.541. The lowest BCUT2D eigenvalue weighted by atomic mass is 10.0. The van der Waals surface area contributed by atoms with Crippen molar-refractivity contribution in [1.29, 1.82) is 0 Å². The summed E-state index contributed by atoms with van der Waals surface area (Å²) in [7, 11) is 1.54. The number of ketones is 1. The first-order valence-electron chi connectivity index (χ1n) is 6.63. The average Bonchev–Trinajstić information content (AvgIpc) is 2.55. The SMILES string of the molecule is COCCOc1ccc([N+](=O)[O-])cc1C(=O)c1ccccc1. The van der Waals surface area contributed by atoms with Gasteiger partial charge in [0.15, 0.2) is 5.78 Å². The molecule has 0 bridgehead atoms. The van der Waals surface area contributed by atoms with Crippen LogP contribution in [0.1, 0.15) is 15.9 Å². The van der Waals surface area contributed by atoms with Crippen molar-refractivity contribution >= 4 is 11.5 Å². The Morgan fingerprint density at radius 1 is 1.14 bits per heavy atom. The van der Waals surface area contributed by atoms with Gasteiger partial charge in [-0.2, -0.15) is 0 Å². The van der Waals surface area contributed by atoms with Crippen LogP contribution in [0.15, 0.2) is 48.5 Å². The van der Waals surface area contributed by atoms with Gasteiger partial charge in [0.05, 0.1) is 17.1 Å². The van der Waals surface area contributed by atoms with Gasteiger partial charge < -0.3 is 9.47 Å². The molecule has 0 saturated carbocycles. The van der Waals surface area contributed by atoms with Gasteiger partial charge in [0, 0.05) is 24.8 Å². The predicted octanol–water partition coefficient (Wildman–Crippen LogP) is 2.85. The molecule has 0 atom stereocenters. The summed E-state index contributed by atoms with van der Waals surface area (Å²) >= 11 is 0. The molecule has 6 heteroatoms. The van der Waals surface area contributed by atoms with Gasteiger partial charge in [-0.3, -0.25) is 14.9 Å². The van der Waals surface area contributed by atoms with Crippen LogP contribution in [0.4, 0.5) is 5.69 Å². The first kappa shape index (κ1) is 15.7. The molecule has 0 aromatic heterocycles. The zero-order chi connectivity index (χ0) is 15.9. The van der Waals surface area contributed by atoms with Crippen molar-refractivity contribution in [3.05, 3.63) is 69.8 Å². The third-order valence-corrected chi connectivity index (χ3v) is 3.00. The number of hydrogen-bond donors (Lipinski definition) is 0. The molecule has 0 amide bonds. The lowest BCUT2D eigenvalue weighted by molar-refractivity contribution is -0.384. The van der Waals surface area contributed by atoms with E-state index in [2.05, 4.69) is 0 Å². The standard InChI is InChI=1S/C16H15NO5/c1-21-9-10-22-15-8-7-13(17(19)20)11-14(15)16(18)12-5-3-2-4-6-12/h2-8,11H,9-10H2,1H3. The maximum atomic E-state index is 12.5. The largest absolute Gasteiger partial charge is 0.490 e. The number of nitro benzene ring substituents is 1. The van der Waals surface area contributed by atoms with E-state index in [4.69, 9.17) is 9.47 Å². The van der Waals surface area contributed by atoms with E-state index in [1.165, 1.54) is 25.3 Å². The van der Waals surface area contributed by atoms with Gasteiger partial charge in [0.25, 0.3) is 5.69 Å². The fourth-order valence-corrected chi connectivity index (χ4v) is 1.91. The molecule has 22 heavy (non-hydrogen) atoms.